The summed E-state index contributed by atoms with van der Waals surface area (Å²) in [5, 5.41) is 10.9. The summed E-state index contributed by atoms with van der Waals surface area (Å²) in [4.78, 5) is 3.15. The Balaban J connectivity index is 2.22. The van der Waals surface area contributed by atoms with Crippen molar-refractivity contribution in [2.45, 2.75) is 0 Å². The second-order valence-electron chi connectivity index (χ2n) is 3.80. The van der Waals surface area contributed by atoms with Crippen LogP contribution in [0.2, 0.25) is 0 Å². The maximum absolute atomic E-state index is 9.78. The van der Waals surface area contributed by atoms with Gasteiger partial charge in [-0.3, -0.25) is 0 Å². The lowest BCUT2D eigenvalue weighted by Crippen LogP contribution is -1.78. The molecule has 0 aliphatic carbocycles. The van der Waals surface area contributed by atoms with Gasteiger partial charge < -0.3 is 10.1 Å². The van der Waals surface area contributed by atoms with Crippen molar-refractivity contribution in [1.82, 2.24) is 4.98 Å². The van der Waals surface area contributed by atoms with E-state index in [1.165, 1.54) is 0 Å². The summed E-state index contributed by atoms with van der Waals surface area (Å²) >= 11 is 0. The minimum atomic E-state index is 0.317. The molecule has 0 saturated carbocycles. The van der Waals surface area contributed by atoms with Gasteiger partial charge in [0.25, 0.3) is 0 Å². The number of rotatable bonds is 1. The van der Waals surface area contributed by atoms with Crippen LogP contribution in [0.3, 0.4) is 0 Å². The van der Waals surface area contributed by atoms with E-state index in [1.807, 2.05) is 42.6 Å². The first-order valence-electron chi connectivity index (χ1n) is 5.20. The Labute approximate surface area is 93.2 Å². The van der Waals surface area contributed by atoms with E-state index in [2.05, 4.69) is 11.1 Å². The van der Waals surface area contributed by atoms with Gasteiger partial charge in [0.1, 0.15) is 5.75 Å². The molecule has 0 fully saturated rings. The number of para-hydroxylation sites is 1. The third kappa shape index (κ3) is 1.36. The Morgan fingerprint density at radius 2 is 1.81 bits per heavy atom. The molecule has 78 valence electrons. The number of phenols is 1. The van der Waals surface area contributed by atoms with Gasteiger partial charge in [0.05, 0.1) is 0 Å². The largest absolute Gasteiger partial charge is 0.507 e. The predicted octanol–water partition coefficient (Wildman–Crippen LogP) is 3.54. The number of nitrogens with one attached hydrogen (secondary N) is 1. The van der Waals surface area contributed by atoms with Crippen LogP contribution in [-0.4, -0.2) is 10.1 Å². The van der Waals surface area contributed by atoms with E-state index >= 15 is 0 Å². The first-order valence-corrected chi connectivity index (χ1v) is 5.20. The van der Waals surface area contributed by atoms with Gasteiger partial charge in [-0.2, -0.15) is 0 Å². The Kier molecular flexibility index (Phi) is 1.93. The van der Waals surface area contributed by atoms with Crippen LogP contribution in [0.4, 0.5) is 0 Å². The summed E-state index contributed by atoms with van der Waals surface area (Å²) in [6.07, 6.45) is 1.92. The predicted molar refractivity (Wildman–Crippen MR) is 65.4 cm³/mol. The number of hydrogen-bond donors (Lipinski definition) is 2. The lowest BCUT2D eigenvalue weighted by molar-refractivity contribution is 0.477. The minimum Gasteiger partial charge on any atom is -0.507 e. The first kappa shape index (κ1) is 9.04. The molecular formula is C14H11NO. The van der Waals surface area contributed by atoms with Crippen molar-refractivity contribution in [3.63, 3.8) is 0 Å². The molecule has 2 nitrogen and oxygen atoms in total. The van der Waals surface area contributed by atoms with Crippen molar-refractivity contribution in [3.05, 3.63) is 54.7 Å². The highest BCUT2D eigenvalue weighted by atomic mass is 16.3. The number of H-pyrrole nitrogens is 1. The number of aromatic hydroxyl groups is 1. The van der Waals surface area contributed by atoms with Crippen LogP contribution < -0.4 is 0 Å². The zero-order valence-electron chi connectivity index (χ0n) is 8.64. The zero-order valence-corrected chi connectivity index (χ0v) is 8.64. The molecule has 0 saturated heterocycles. The standard InChI is InChI=1S/C14H11NO/c16-14-4-2-1-3-12(14)10-5-6-13-11(9-10)7-8-15-13/h1-9,15-16H. The van der Waals surface area contributed by atoms with Crippen molar-refractivity contribution in [2.75, 3.05) is 0 Å². The molecule has 0 radical (unpaired) electrons. The molecule has 1 aromatic heterocycles. The fourth-order valence-electron chi connectivity index (χ4n) is 1.94. The maximum Gasteiger partial charge on any atom is 0.123 e. The van der Waals surface area contributed by atoms with E-state index in [1.54, 1.807) is 6.07 Å². The van der Waals surface area contributed by atoms with Crippen molar-refractivity contribution in [1.29, 1.82) is 0 Å². The van der Waals surface area contributed by atoms with Gasteiger partial charge in [-0.1, -0.05) is 24.3 Å². The molecule has 0 spiro atoms. The summed E-state index contributed by atoms with van der Waals surface area (Å²) in [6.45, 7) is 0. The molecule has 2 heteroatoms. The van der Waals surface area contributed by atoms with Crippen LogP contribution >= 0.6 is 0 Å². The number of phenolic OH excluding ortho intramolecular Hbond substituents is 1. The molecule has 0 atom stereocenters. The molecule has 3 rings (SSSR count). The quantitative estimate of drug-likeness (QED) is 0.631. The summed E-state index contributed by atoms with van der Waals surface area (Å²) in [7, 11) is 0. The summed E-state index contributed by atoms with van der Waals surface area (Å²) in [6, 6.07) is 15.5. The third-order valence-electron chi connectivity index (χ3n) is 2.77. The Hall–Kier alpha value is -2.22. The van der Waals surface area contributed by atoms with Crippen LogP contribution in [0.15, 0.2) is 54.7 Å². The monoisotopic (exact) mass is 209 g/mol. The summed E-state index contributed by atoms with van der Waals surface area (Å²) < 4.78 is 0. The fourth-order valence-corrected chi connectivity index (χ4v) is 1.94. The van der Waals surface area contributed by atoms with E-state index < -0.39 is 0 Å². The van der Waals surface area contributed by atoms with Crippen LogP contribution in [-0.2, 0) is 0 Å². The van der Waals surface area contributed by atoms with E-state index in [-0.39, 0.29) is 0 Å². The van der Waals surface area contributed by atoms with Gasteiger partial charge >= 0.3 is 0 Å². The molecule has 3 aromatic rings. The number of aromatic amines is 1. The Morgan fingerprint density at radius 3 is 2.69 bits per heavy atom. The molecule has 16 heavy (non-hydrogen) atoms. The average molecular weight is 209 g/mol. The van der Waals surface area contributed by atoms with Gasteiger partial charge in [0.15, 0.2) is 0 Å². The third-order valence-corrected chi connectivity index (χ3v) is 2.77. The number of hydrogen-bond acceptors (Lipinski definition) is 1. The molecule has 2 aromatic carbocycles. The second kappa shape index (κ2) is 3.42. The fraction of sp³-hybridized carbons (Fsp3) is 0. The van der Waals surface area contributed by atoms with E-state index in [4.69, 9.17) is 0 Å². The van der Waals surface area contributed by atoms with Crippen molar-refractivity contribution in [3.8, 4) is 16.9 Å². The minimum absolute atomic E-state index is 0.317. The highest BCUT2D eigenvalue weighted by Gasteiger charge is 2.03. The zero-order chi connectivity index (χ0) is 11.0. The van der Waals surface area contributed by atoms with Crippen LogP contribution in [0.25, 0.3) is 22.0 Å². The molecule has 0 amide bonds. The van der Waals surface area contributed by atoms with Crippen molar-refractivity contribution in [2.24, 2.45) is 0 Å². The normalized spacial score (nSPS) is 10.8. The highest BCUT2D eigenvalue weighted by molar-refractivity contribution is 5.86. The lowest BCUT2D eigenvalue weighted by Gasteiger charge is -2.04. The van der Waals surface area contributed by atoms with Gasteiger partial charge in [-0.05, 0) is 35.2 Å². The van der Waals surface area contributed by atoms with E-state index in [9.17, 15) is 5.11 Å². The van der Waals surface area contributed by atoms with Crippen molar-refractivity contribution < 1.29 is 5.11 Å². The molecule has 0 aliphatic heterocycles. The number of fused-ring (bicyclic) bond motifs is 1. The Bertz CT molecular complexity index is 640. The van der Waals surface area contributed by atoms with E-state index in [0.717, 1.165) is 22.0 Å². The molecular weight excluding hydrogens is 198 g/mol. The lowest BCUT2D eigenvalue weighted by atomic mass is 10.0. The molecule has 0 aliphatic rings. The summed E-state index contributed by atoms with van der Waals surface area (Å²) in [5.41, 5.74) is 3.01. The average Bonchev–Trinajstić information content (AvgIpc) is 2.76. The Morgan fingerprint density at radius 1 is 0.938 bits per heavy atom. The van der Waals surface area contributed by atoms with Gasteiger partial charge in [-0.15, -0.1) is 0 Å². The molecule has 2 N–H and O–H groups in total. The first-order chi connectivity index (χ1) is 7.84. The molecule has 0 bridgehead atoms. The topological polar surface area (TPSA) is 36.0 Å². The van der Waals surface area contributed by atoms with Crippen molar-refractivity contribution >= 4 is 10.9 Å². The smallest absolute Gasteiger partial charge is 0.123 e. The highest BCUT2D eigenvalue weighted by Crippen LogP contribution is 2.30. The molecule has 1 heterocycles. The summed E-state index contributed by atoms with van der Waals surface area (Å²) in [5.74, 6) is 0.317. The van der Waals surface area contributed by atoms with Gasteiger partial charge in [0.2, 0.25) is 0 Å². The van der Waals surface area contributed by atoms with Gasteiger partial charge in [0, 0.05) is 17.3 Å². The SMILES string of the molecule is Oc1ccccc1-c1ccc2[nH]ccc2c1. The van der Waals surface area contributed by atoms with E-state index in [0.29, 0.717) is 5.75 Å². The number of benzene rings is 2. The number of aromatic nitrogens is 1. The second-order valence-corrected chi connectivity index (χ2v) is 3.80. The molecule has 0 unspecified atom stereocenters. The van der Waals surface area contributed by atoms with Crippen LogP contribution in [0, 0.1) is 0 Å². The van der Waals surface area contributed by atoms with Gasteiger partial charge in [-0.25, -0.2) is 0 Å². The van der Waals surface area contributed by atoms with Crippen LogP contribution in [0.5, 0.6) is 5.75 Å². The maximum atomic E-state index is 9.78. The van der Waals surface area contributed by atoms with Crippen LogP contribution in [0.1, 0.15) is 0 Å².